The van der Waals surface area contributed by atoms with Crippen LogP contribution in [0.3, 0.4) is 0 Å². The molecule has 0 spiro atoms. The minimum Gasteiger partial charge on any atom is -0.378 e. The summed E-state index contributed by atoms with van der Waals surface area (Å²) >= 11 is 0. The smallest absolute Gasteiger partial charge is 0.224 e. The van der Waals surface area contributed by atoms with Crippen molar-refractivity contribution in [1.29, 1.82) is 0 Å². The van der Waals surface area contributed by atoms with E-state index in [1.807, 2.05) is 35.2 Å². The van der Waals surface area contributed by atoms with Gasteiger partial charge in [0.15, 0.2) is 0 Å². The molecule has 2 aliphatic rings. The van der Waals surface area contributed by atoms with Crippen LogP contribution >= 0.6 is 0 Å². The van der Waals surface area contributed by atoms with Crippen molar-refractivity contribution in [2.75, 3.05) is 32.9 Å². The molecular formula is C21H30N2O4. The van der Waals surface area contributed by atoms with E-state index in [1.54, 1.807) is 0 Å². The van der Waals surface area contributed by atoms with Crippen LogP contribution in [0.15, 0.2) is 30.3 Å². The van der Waals surface area contributed by atoms with Crippen LogP contribution in [-0.2, 0) is 25.6 Å². The molecule has 2 aliphatic heterocycles. The first kappa shape index (κ1) is 19.8. The van der Waals surface area contributed by atoms with Crippen molar-refractivity contribution in [3.8, 4) is 0 Å². The lowest BCUT2D eigenvalue weighted by atomic mass is 9.95. The van der Waals surface area contributed by atoms with E-state index >= 15 is 0 Å². The minimum absolute atomic E-state index is 0.00599. The summed E-state index contributed by atoms with van der Waals surface area (Å²) in [6, 6.07) is 9.91. The van der Waals surface area contributed by atoms with E-state index in [1.165, 1.54) is 0 Å². The van der Waals surface area contributed by atoms with Gasteiger partial charge in [0.2, 0.25) is 11.8 Å². The lowest BCUT2D eigenvalue weighted by molar-refractivity contribution is -0.136. The van der Waals surface area contributed by atoms with Gasteiger partial charge in [-0.1, -0.05) is 30.3 Å². The van der Waals surface area contributed by atoms with Crippen LogP contribution in [0, 0.1) is 5.92 Å². The van der Waals surface area contributed by atoms with E-state index in [2.05, 4.69) is 5.32 Å². The Labute approximate surface area is 161 Å². The van der Waals surface area contributed by atoms with Crippen LogP contribution in [0.5, 0.6) is 0 Å². The van der Waals surface area contributed by atoms with Crippen LogP contribution in [0.4, 0.5) is 0 Å². The lowest BCUT2D eigenvalue weighted by Gasteiger charge is -2.31. The maximum absolute atomic E-state index is 12.3. The average molecular weight is 374 g/mol. The molecule has 6 nitrogen and oxygen atoms in total. The molecule has 0 bridgehead atoms. The fraction of sp³-hybridized carbons (Fsp3) is 0.619. The van der Waals surface area contributed by atoms with Gasteiger partial charge in [0.1, 0.15) is 0 Å². The molecule has 0 saturated carbocycles. The largest absolute Gasteiger partial charge is 0.378 e. The molecular weight excluding hydrogens is 344 g/mol. The molecule has 1 aromatic rings. The predicted octanol–water partition coefficient (Wildman–Crippen LogP) is 2.13. The fourth-order valence-electron chi connectivity index (χ4n) is 3.63. The summed E-state index contributed by atoms with van der Waals surface area (Å²) < 4.78 is 11.1. The molecule has 0 aliphatic carbocycles. The standard InChI is InChI=1S/C21H30N2O4/c24-20(10-14-26-16-19-7-4-13-27-19)23-11-8-18(9-12-23)21(25)22-15-17-5-2-1-3-6-17/h1-3,5-6,18-19H,4,7-16H2,(H,22,25). The number of ether oxygens (including phenoxy) is 2. The van der Waals surface area contributed by atoms with E-state index in [0.29, 0.717) is 39.3 Å². The number of rotatable bonds is 8. The average Bonchev–Trinajstić information content (AvgIpc) is 3.24. The second kappa shape index (κ2) is 10.4. The van der Waals surface area contributed by atoms with Gasteiger partial charge in [0.25, 0.3) is 0 Å². The van der Waals surface area contributed by atoms with Crippen LogP contribution in [0.2, 0.25) is 0 Å². The predicted molar refractivity (Wildman–Crippen MR) is 102 cm³/mol. The Morgan fingerprint density at radius 3 is 2.63 bits per heavy atom. The molecule has 2 fully saturated rings. The summed E-state index contributed by atoms with van der Waals surface area (Å²) in [5.74, 6) is 0.199. The molecule has 2 heterocycles. The summed E-state index contributed by atoms with van der Waals surface area (Å²) in [5, 5.41) is 3.01. The number of carbonyl (C=O) groups is 2. The number of likely N-dealkylation sites (tertiary alicyclic amines) is 1. The molecule has 0 aromatic heterocycles. The monoisotopic (exact) mass is 374 g/mol. The van der Waals surface area contributed by atoms with Gasteiger partial charge in [0, 0.05) is 32.2 Å². The van der Waals surface area contributed by atoms with E-state index < -0.39 is 0 Å². The third-order valence-corrected chi connectivity index (χ3v) is 5.32. The number of amides is 2. The number of hydrogen-bond donors (Lipinski definition) is 1. The summed E-state index contributed by atoms with van der Waals surface area (Å²) in [7, 11) is 0. The first-order valence-corrected chi connectivity index (χ1v) is 10.0. The summed E-state index contributed by atoms with van der Waals surface area (Å²) in [6.45, 7) is 3.69. The van der Waals surface area contributed by atoms with Gasteiger partial charge in [-0.3, -0.25) is 9.59 Å². The van der Waals surface area contributed by atoms with Gasteiger partial charge in [-0.25, -0.2) is 0 Å². The van der Waals surface area contributed by atoms with Crippen LogP contribution in [0.25, 0.3) is 0 Å². The Morgan fingerprint density at radius 1 is 1.15 bits per heavy atom. The van der Waals surface area contributed by atoms with Crippen molar-refractivity contribution in [3.05, 3.63) is 35.9 Å². The highest BCUT2D eigenvalue weighted by Crippen LogP contribution is 2.18. The van der Waals surface area contributed by atoms with E-state index in [9.17, 15) is 9.59 Å². The zero-order chi connectivity index (χ0) is 18.9. The van der Waals surface area contributed by atoms with Crippen LogP contribution in [0.1, 0.15) is 37.7 Å². The molecule has 1 atom stereocenters. The summed E-state index contributed by atoms with van der Waals surface area (Å²) in [6.07, 6.45) is 4.20. The molecule has 0 radical (unpaired) electrons. The molecule has 6 heteroatoms. The highest BCUT2D eigenvalue weighted by molar-refractivity contribution is 5.80. The first-order chi connectivity index (χ1) is 13.2. The normalized spacial score (nSPS) is 20.6. The van der Waals surface area contributed by atoms with Crippen molar-refractivity contribution in [2.45, 2.75) is 44.8 Å². The van der Waals surface area contributed by atoms with Crippen molar-refractivity contribution in [2.24, 2.45) is 5.92 Å². The van der Waals surface area contributed by atoms with Gasteiger partial charge < -0.3 is 19.7 Å². The maximum Gasteiger partial charge on any atom is 0.224 e. The maximum atomic E-state index is 12.3. The molecule has 1 unspecified atom stereocenters. The highest BCUT2D eigenvalue weighted by Gasteiger charge is 2.27. The number of hydrogen-bond acceptors (Lipinski definition) is 4. The third-order valence-electron chi connectivity index (χ3n) is 5.32. The van der Waals surface area contributed by atoms with E-state index in [-0.39, 0.29) is 23.8 Å². The quantitative estimate of drug-likeness (QED) is 0.708. The summed E-state index contributed by atoms with van der Waals surface area (Å²) in [5.41, 5.74) is 1.10. The Bertz CT molecular complexity index is 593. The second-order valence-electron chi connectivity index (χ2n) is 7.32. The van der Waals surface area contributed by atoms with Gasteiger partial charge in [0.05, 0.1) is 25.7 Å². The molecule has 3 rings (SSSR count). The van der Waals surface area contributed by atoms with Crippen LogP contribution < -0.4 is 5.32 Å². The Kier molecular flexibility index (Phi) is 7.66. The SMILES string of the molecule is O=C(NCc1ccccc1)C1CCN(C(=O)CCOCC2CCCO2)CC1. The fourth-order valence-corrected chi connectivity index (χ4v) is 3.63. The number of carbonyl (C=O) groups excluding carboxylic acids is 2. The van der Waals surface area contributed by atoms with Gasteiger partial charge >= 0.3 is 0 Å². The van der Waals surface area contributed by atoms with E-state index in [4.69, 9.17) is 9.47 Å². The van der Waals surface area contributed by atoms with Gasteiger partial charge in [-0.2, -0.15) is 0 Å². The van der Waals surface area contributed by atoms with Gasteiger partial charge in [-0.15, -0.1) is 0 Å². The molecule has 27 heavy (non-hydrogen) atoms. The van der Waals surface area contributed by atoms with Crippen molar-refractivity contribution in [3.63, 3.8) is 0 Å². The zero-order valence-electron chi connectivity index (χ0n) is 15.9. The molecule has 2 saturated heterocycles. The summed E-state index contributed by atoms with van der Waals surface area (Å²) in [4.78, 5) is 26.5. The lowest BCUT2D eigenvalue weighted by Crippen LogP contribution is -2.43. The molecule has 1 aromatic carbocycles. The van der Waals surface area contributed by atoms with Crippen molar-refractivity contribution < 1.29 is 19.1 Å². The second-order valence-corrected chi connectivity index (χ2v) is 7.32. The number of nitrogens with zero attached hydrogens (tertiary/aromatic N) is 1. The topological polar surface area (TPSA) is 67.9 Å². The molecule has 2 amide bonds. The van der Waals surface area contributed by atoms with Gasteiger partial charge in [-0.05, 0) is 31.2 Å². The minimum atomic E-state index is -0.00599. The number of piperidine rings is 1. The van der Waals surface area contributed by atoms with Crippen molar-refractivity contribution >= 4 is 11.8 Å². The Morgan fingerprint density at radius 2 is 1.93 bits per heavy atom. The first-order valence-electron chi connectivity index (χ1n) is 10.0. The molecule has 148 valence electrons. The zero-order valence-corrected chi connectivity index (χ0v) is 15.9. The number of benzene rings is 1. The third kappa shape index (κ3) is 6.33. The Hall–Kier alpha value is -1.92. The van der Waals surface area contributed by atoms with Crippen molar-refractivity contribution in [1.82, 2.24) is 10.2 Å². The Balaban J connectivity index is 1.29. The highest BCUT2D eigenvalue weighted by atomic mass is 16.5. The van der Waals surface area contributed by atoms with E-state index in [0.717, 1.165) is 37.9 Å². The molecule has 1 N–H and O–H groups in total. The van der Waals surface area contributed by atoms with Crippen LogP contribution in [-0.4, -0.2) is 55.7 Å². The number of nitrogens with one attached hydrogen (secondary N) is 1.